The van der Waals surface area contributed by atoms with Gasteiger partial charge in [-0.2, -0.15) is 0 Å². The quantitative estimate of drug-likeness (QED) is 0.763. The summed E-state index contributed by atoms with van der Waals surface area (Å²) in [6.07, 6.45) is 12.4. The number of hydrogen-bond donors (Lipinski definition) is 2. The molecule has 2 atom stereocenters. The van der Waals surface area contributed by atoms with Crippen molar-refractivity contribution < 1.29 is 9.90 Å². The van der Waals surface area contributed by atoms with Crippen molar-refractivity contribution in [3.8, 4) is 0 Å². The third-order valence-electron chi connectivity index (χ3n) is 7.34. The molecule has 3 heterocycles. The summed E-state index contributed by atoms with van der Waals surface area (Å²) in [5.74, 6) is 0.224. The highest BCUT2D eigenvalue weighted by atomic mass is 16.4. The normalized spacial score (nSPS) is 27.9. The molecule has 0 spiro atoms. The van der Waals surface area contributed by atoms with Gasteiger partial charge < -0.3 is 10.4 Å². The van der Waals surface area contributed by atoms with Crippen LogP contribution in [0.3, 0.4) is 0 Å². The number of aliphatic carboxylic acids is 1. The highest BCUT2D eigenvalue weighted by Crippen LogP contribution is 2.39. The molecule has 2 aliphatic heterocycles. The minimum atomic E-state index is -0.615. The maximum atomic E-state index is 11.4. The van der Waals surface area contributed by atoms with Gasteiger partial charge in [-0.3, -0.25) is 9.69 Å². The molecule has 2 saturated heterocycles. The standard InChI is InChI=1S/C24H31N3O2/c28-24(29)18-11-21-8-9-22(12-18)27(21)15-16-6-7-17-13-23(25-14-19(17)10-16)26-20-4-2-1-3-5-20/h6-7,10,13-14,18,20-22H,1-5,8-9,11-12,15H2,(H,25,26)(H,28,29). The van der Waals surface area contributed by atoms with Crippen LogP contribution < -0.4 is 5.32 Å². The first-order valence-corrected chi connectivity index (χ1v) is 11.3. The molecule has 3 fully saturated rings. The molecule has 154 valence electrons. The third kappa shape index (κ3) is 3.97. The van der Waals surface area contributed by atoms with Gasteiger partial charge in [0.1, 0.15) is 5.82 Å². The van der Waals surface area contributed by atoms with Crippen LogP contribution in [0, 0.1) is 5.92 Å². The predicted molar refractivity (Wildman–Crippen MR) is 115 cm³/mol. The van der Waals surface area contributed by atoms with Crippen molar-refractivity contribution in [2.45, 2.75) is 82.5 Å². The zero-order valence-corrected chi connectivity index (χ0v) is 17.0. The van der Waals surface area contributed by atoms with Crippen molar-refractivity contribution in [1.29, 1.82) is 0 Å². The lowest BCUT2D eigenvalue weighted by atomic mass is 9.90. The van der Waals surface area contributed by atoms with Gasteiger partial charge in [-0.25, -0.2) is 4.98 Å². The van der Waals surface area contributed by atoms with Crippen LogP contribution in [0.4, 0.5) is 5.82 Å². The number of anilines is 1. The molecule has 2 aromatic rings. The molecule has 1 aromatic carbocycles. The number of fused-ring (bicyclic) bond motifs is 3. The van der Waals surface area contributed by atoms with E-state index in [4.69, 9.17) is 0 Å². The van der Waals surface area contributed by atoms with Crippen molar-refractivity contribution >= 4 is 22.6 Å². The first-order valence-electron chi connectivity index (χ1n) is 11.3. The molecule has 1 aliphatic carbocycles. The fraction of sp³-hybridized carbons (Fsp3) is 0.583. The van der Waals surface area contributed by atoms with Crippen LogP contribution in [0.2, 0.25) is 0 Å². The Morgan fingerprint density at radius 3 is 2.52 bits per heavy atom. The molecule has 5 heteroatoms. The summed E-state index contributed by atoms with van der Waals surface area (Å²) < 4.78 is 0. The van der Waals surface area contributed by atoms with Gasteiger partial charge in [-0.1, -0.05) is 31.4 Å². The lowest BCUT2D eigenvalue weighted by molar-refractivity contribution is -0.144. The number of rotatable bonds is 5. The summed E-state index contributed by atoms with van der Waals surface area (Å²) in [5, 5.41) is 15.4. The SMILES string of the molecule is O=C(O)C1CC2CCC(C1)N2Cc1ccc2cc(NC3CCCCC3)ncc2c1. The minimum absolute atomic E-state index is 0.153. The molecular weight excluding hydrogens is 362 g/mol. The average Bonchev–Trinajstić information content (AvgIpc) is 2.96. The first kappa shape index (κ1) is 18.9. The molecular formula is C24H31N3O2. The number of carboxylic acid groups (broad SMARTS) is 1. The summed E-state index contributed by atoms with van der Waals surface area (Å²) in [5.41, 5.74) is 1.30. The fourth-order valence-corrected chi connectivity index (χ4v) is 5.77. The van der Waals surface area contributed by atoms with E-state index in [2.05, 4.69) is 39.5 Å². The Labute approximate surface area is 172 Å². The number of pyridine rings is 1. The Morgan fingerprint density at radius 1 is 1.03 bits per heavy atom. The molecule has 3 aliphatic rings. The number of carbonyl (C=O) groups is 1. The molecule has 5 rings (SSSR count). The van der Waals surface area contributed by atoms with Gasteiger partial charge in [0.15, 0.2) is 0 Å². The average molecular weight is 394 g/mol. The monoisotopic (exact) mass is 393 g/mol. The molecule has 2 unspecified atom stereocenters. The maximum Gasteiger partial charge on any atom is 0.306 e. The van der Waals surface area contributed by atoms with Crippen molar-refractivity contribution in [3.63, 3.8) is 0 Å². The second kappa shape index (κ2) is 7.94. The number of hydrogen-bond acceptors (Lipinski definition) is 4. The topological polar surface area (TPSA) is 65.5 Å². The Hall–Kier alpha value is -2.14. The van der Waals surface area contributed by atoms with Crippen molar-refractivity contribution in [3.05, 3.63) is 36.0 Å². The molecule has 2 bridgehead atoms. The van der Waals surface area contributed by atoms with E-state index in [1.165, 1.54) is 48.4 Å². The Balaban J connectivity index is 1.28. The first-order chi connectivity index (χ1) is 14.2. The van der Waals surface area contributed by atoms with Crippen LogP contribution in [0.1, 0.15) is 63.4 Å². The molecule has 0 radical (unpaired) electrons. The lowest BCUT2D eigenvalue weighted by Crippen LogP contribution is -2.44. The molecule has 29 heavy (non-hydrogen) atoms. The van der Waals surface area contributed by atoms with Gasteiger partial charge in [0.05, 0.1) is 5.92 Å². The number of aromatic nitrogens is 1. The summed E-state index contributed by atoms with van der Waals surface area (Å²) in [4.78, 5) is 18.6. The largest absolute Gasteiger partial charge is 0.481 e. The molecule has 0 amide bonds. The summed E-state index contributed by atoms with van der Waals surface area (Å²) in [6, 6.07) is 10.3. The summed E-state index contributed by atoms with van der Waals surface area (Å²) >= 11 is 0. The van der Waals surface area contributed by atoms with E-state index in [9.17, 15) is 9.90 Å². The Kier molecular flexibility index (Phi) is 5.17. The molecule has 1 saturated carbocycles. The summed E-state index contributed by atoms with van der Waals surface area (Å²) in [7, 11) is 0. The van der Waals surface area contributed by atoms with Gasteiger partial charge in [0, 0.05) is 36.3 Å². The summed E-state index contributed by atoms with van der Waals surface area (Å²) in [6.45, 7) is 0.916. The van der Waals surface area contributed by atoms with E-state index < -0.39 is 5.97 Å². The van der Waals surface area contributed by atoms with Crippen molar-refractivity contribution in [2.24, 2.45) is 5.92 Å². The number of nitrogens with one attached hydrogen (secondary N) is 1. The van der Waals surface area contributed by atoms with Gasteiger partial charge in [-0.05, 0) is 61.6 Å². The zero-order chi connectivity index (χ0) is 19.8. The van der Waals surface area contributed by atoms with Gasteiger partial charge in [0.2, 0.25) is 0 Å². The number of benzene rings is 1. The predicted octanol–water partition coefficient (Wildman–Crippen LogP) is 4.81. The lowest BCUT2D eigenvalue weighted by Gasteiger charge is -2.37. The molecule has 5 nitrogen and oxygen atoms in total. The van der Waals surface area contributed by atoms with Crippen LogP contribution in [0.25, 0.3) is 10.8 Å². The maximum absolute atomic E-state index is 11.4. The van der Waals surface area contributed by atoms with E-state index in [0.29, 0.717) is 18.1 Å². The molecule has 1 aromatic heterocycles. The van der Waals surface area contributed by atoms with E-state index in [-0.39, 0.29) is 5.92 Å². The van der Waals surface area contributed by atoms with Crippen molar-refractivity contribution in [2.75, 3.05) is 5.32 Å². The minimum Gasteiger partial charge on any atom is -0.481 e. The number of nitrogens with zero attached hydrogens (tertiary/aromatic N) is 2. The highest BCUT2D eigenvalue weighted by Gasteiger charge is 2.42. The Morgan fingerprint density at radius 2 is 1.79 bits per heavy atom. The van der Waals surface area contributed by atoms with E-state index in [1.807, 2.05) is 6.20 Å². The van der Waals surface area contributed by atoms with E-state index in [0.717, 1.165) is 38.0 Å². The van der Waals surface area contributed by atoms with Crippen LogP contribution in [-0.4, -0.2) is 39.1 Å². The van der Waals surface area contributed by atoms with Gasteiger partial charge in [0.25, 0.3) is 0 Å². The van der Waals surface area contributed by atoms with E-state index >= 15 is 0 Å². The fourth-order valence-electron chi connectivity index (χ4n) is 5.77. The highest BCUT2D eigenvalue weighted by molar-refractivity contribution is 5.84. The second-order valence-electron chi connectivity index (χ2n) is 9.29. The van der Waals surface area contributed by atoms with Gasteiger partial charge in [-0.15, -0.1) is 0 Å². The smallest absolute Gasteiger partial charge is 0.306 e. The molecule has 2 N–H and O–H groups in total. The van der Waals surface area contributed by atoms with Crippen molar-refractivity contribution in [1.82, 2.24) is 9.88 Å². The second-order valence-corrected chi connectivity index (χ2v) is 9.29. The van der Waals surface area contributed by atoms with E-state index in [1.54, 1.807) is 0 Å². The van der Waals surface area contributed by atoms with Crippen LogP contribution in [-0.2, 0) is 11.3 Å². The van der Waals surface area contributed by atoms with Crippen LogP contribution in [0.15, 0.2) is 30.5 Å². The Bertz CT molecular complexity index is 879. The van der Waals surface area contributed by atoms with Crippen LogP contribution >= 0.6 is 0 Å². The number of piperidine rings is 1. The number of carboxylic acids is 1. The third-order valence-corrected chi connectivity index (χ3v) is 7.34. The van der Waals surface area contributed by atoms with Crippen LogP contribution in [0.5, 0.6) is 0 Å². The zero-order valence-electron chi connectivity index (χ0n) is 17.0. The van der Waals surface area contributed by atoms with Gasteiger partial charge >= 0.3 is 5.97 Å².